The van der Waals surface area contributed by atoms with Gasteiger partial charge >= 0.3 is 6.18 Å². The quantitative estimate of drug-likeness (QED) is 0.757. The van der Waals surface area contributed by atoms with Crippen LogP contribution < -0.4 is 0 Å². The number of nitrogens with zero attached hydrogens (tertiary/aromatic N) is 2. The van der Waals surface area contributed by atoms with Gasteiger partial charge in [-0.2, -0.15) is 17.5 Å². The third-order valence-electron chi connectivity index (χ3n) is 4.81. The summed E-state index contributed by atoms with van der Waals surface area (Å²) in [7, 11) is -4.18. The fraction of sp³-hybridized carbons (Fsp3) is 0.316. The molecule has 0 aromatic heterocycles. The topological polar surface area (TPSA) is 77.9 Å². The number of amides is 1. The van der Waals surface area contributed by atoms with Gasteiger partial charge in [-0.15, -0.1) is 0 Å². The van der Waals surface area contributed by atoms with Crippen molar-refractivity contribution in [3.8, 4) is 5.75 Å². The molecule has 0 atom stereocenters. The zero-order valence-corrected chi connectivity index (χ0v) is 17.1. The number of phenols is 1. The Bertz CT molecular complexity index is 1050. The third-order valence-corrected chi connectivity index (χ3v) is 7.03. The Hall–Kier alpha value is -2.30. The number of piperazine rings is 1. The lowest BCUT2D eigenvalue weighted by Crippen LogP contribution is -2.50. The maximum absolute atomic E-state index is 13.1. The molecule has 30 heavy (non-hydrogen) atoms. The molecule has 162 valence electrons. The molecule has 1 aliphatic heterocycles. The number of phenolic OH excluding ortho intramolecular Hbond substituents is 1. The number of hydrogen-bond acceptors (Lipinski definition) is 4. The molecular formula is C19H18ClF3N2O4S. The first kappa shape index (κ1) is 22.4. The fourth-order valence-corrected chi connectivity index (χ4v) is 4.82. The van der Waals surface area contributed by atoms with Crippen LogP contribution in [0.3, 0.4) is 0 Å². The summed E-state index contributed by atoms with van der Waals surface area (Å²) in [6.07, 6.45) is -4.82. The molecule has 0 radical (unpaired) electrons. The van der Waals surface area contributed by atoms with Crippen molar-refractivity contribution in [3.05, 3.63) is 58.6 Å². The van der Waals surface area contributed by atoms with Crippen LogP contribution in [0.25, 0.3) is 0 Å². The van der Waals surface area contributed by atoms with E-state index in [2.05, 4.69) is 0 Å². The van der Waals surface area contributed by atoms with Gasteiger partial charge in [0.05, 0.1) is 21.9 Å². The molecule has 1 amide bonds. The highest BCUT2D eigenvalue weighted by atomic mass is 35.5. The zero-order chi connectivity index (χ0) is 22.1. The predicted molar refractivity (Wildman–Crippen MR) is 104 cm³/mol. The zero-order valence-electron chi connectivity index (χ0n) is 15.6. The second kappa shape index (κ2) is 8.44. The van der Waals surface area contributed by atoms with Gasteiger partial charge in [0.2, 0.25) is 15.9 Å². The van der Waals surface area contributed by atoms with Gasteiger partial charge in [-0.25, -0.2) is 8.42 Å². The molecule has 3 rings (SSSR count). The first-order valence-electron chi connectivity index (χ1n) is 8.91. The maximum atomic E-state index is 13.1. The predicted octanol–water partition coefficient (Wildman–Crippen LogP) is 3.14. The van der Waals surface area contributed by atoms with E-state index >= 15 is 0 Å². The van der Waals surface area contributed by atoms with Crippen molar-refractivity contribution in [1.82, 2.24) is 9.21 Å². The molecule has 0 saturated carbocycles. The van der Waals surface area contributed by atoms with Crippen molar-refractivity contribution in [2.75, 3.05) is 26.2 Å². The van der Waals surface area contributed by atoms with Gasteiger partial charge in [0.1, 0.15) is 5.75 Å². The van der Waals surface area contributed by atoms with Gasteiger partial charge in [0.15, 0.2) is 0 Å². The number of rotatable bonds is 4. The second-order valence-corrected chi connectivity index (χ2v) is 9.07. The maximum Gasteiger partial charge on any atom is 0.417 e. The number of carbonyl (C=O) groups excluding carboxylic acids is 1. The third kappa shape index (κ3) is 4.71. The highest BCUT2D eigenvalue weighted by Gasteiger charge is 2.36. The Balaban J connectivity index is 1.70. The summed E-state index contributed by atoms with van der Waals surface area (Å²) in [6.45, 7) is 0.0639. The number of halogens is 4. The average molecular weight is 463 g/mol. The summed E-state index contributed by atoms with van der Waals surface area (Å²) in [5, 5.41) is 9.20. The normalized spacial score (nSPS) is 15.9. The Morgan fingerprint density at radius 1 is 1.07 bits per heavy atom. The van der Waals surface area contributed by atoms with Crippen LogP contribution in [-0.2, 0) is 27.4 Å². The molecule has 1 aliphatic rings. The fourth-order valence-electron chi connectivity index (χ4n) is 3.14. The first-order chi connectivity index (χ1) is 14.0. The lowest BCUT2D eigenvalue weighted by atomic mass is 10.1. The SMILES string of the molecule is O=C(Cc1ccccc1O)N1CCN(S(=O)(=O)c2ccc(Cl)c(C(F)(F)F)c2)CC1. The molecule has 6 nitrogen and oxygen atoms in total. The number of carbonyl (C=O) groups is 1. The van der Waals surface area contributed by atoms with Crippen LogP contribution in [0.4, 0.5) is 13.2 Å². The van der Waals surface area contributed by atoms with E-state index in [1.807, 2.05) is 0 Å². The highest BCUT2D eigenvalue weighted by molar-refractivity contribution is 7.89. The van der Waals surface area contributed by atoms with Crippen molar-refractivity contribution in [2.45, 2.75) is 17.5 Å². The van der Waals surface area contributed by atoms with Crippen molar-refractivity contribution in [3.63, 3.8) is 0 Å². The summed E-state index contributed by atoms with van der Waals surface area (Å²) in [6, 6.07) is 8.86. The Labute approximate surface area is 176 Å². The van der Waals surface area contributed by atoms with Gasteiger partial charge in [-0.1, -0.05) is 29.8 Å². The average Bonchev–Trinajstić information content (AvgIpc) is 2.69. The van der Waals surface area contributed by atoms with E-state index in [9.17, 15) is 31.5 Å². The molecule has 1 saturated heterocycles. The summed E-state index contributed by atoms with van der Waals surface area (Å²) >= 11 is 5.56. The number of hydrogen-bond donors (Lipinski definition) is 1. The minimum atomic E-state index is -4.78. The van der Waals surface area contributed by atoms with Gasteiger partial charge in [-0.05, 0) is 24.3 Å². The molecule has 0 bridgehead atoms. The molecule has 0 unspecified atom stereocenters. The van der Waals surface area contributed by atoms with Crippen LogP contribution in [0.1, 0.15) is 11.1 Å². The largest absolute Gasteiger partial charge is 0.508 e. The molecule has 1 fully saturated rings. The van der Waals surface area contributed by atoms with Gasteiger partial charge in [0, 0.05) is 31.7 Å². The highest BCUT2D eigenvalue weighted by Crippen LogP contribution is 2.36. The van der Waals surface area contributed by atoms with Crippen LogP contribution in [0, 0.1) is 0 Å². The molecule has 1 N–H and O–H groups in total. The number of para-hydroxylation sites is 1. The van der Waals surface area contributed by atoms with Crippen LogP contribution in [-0.4, -0.2) is 54.8 Å². The Morgan fingerprint density at radius 2 is 1.70 bits per heavy atom. The molecule has 0 aliphatic carbocycles. The number of aromatic hydroxyl groups is 1. The van der Waals surface area contributed by atoms with Crippen LogP contribution >= 0.6 is 11.6 Å². The van der Waals surface area contributed by atoms with E-state index in [0.29, 0.717) is 11.6 Å². The summed E-state index contributed by atoms with van der Waals surface area (Å²) < 4.78 is 65.7. The minimum Gasteiger partial charge on any atom is -0.508 e. The summed E-state index contributed by atoms with van der Waals surface area (Å²) in [5.41, 5.74) is -0.764. The van der Waals surface area contributed by atoms with E-state index in [4.69, 9.17) is 11.6 Å². The molecule has 11 heteroatoms. The van der Waals surface area contributed by atoms with E-state index in [0.717, 1.165) is 16.4 Å². The van der Waals surface area contributed by atoms with Crippen molar-refractivity contribution in [1.29, 1.82) is 0 Å². The molecule has 2 aromatic rings. The van der Waals surface area contributed by atoms with Crippen molar-refractivity contribution < 1.29 is 31.5 Å². The standard InChI is InChI=1S/C19H18ClF3N2O4S/c20-16-6-5-14(12-15(16)19(21,22)23)30(28,29)25-9-7-24(8-10-25)18(27)11-13-3-1-2-4-17(13)26/h1-6,12,26H,7-11H2. The first-order valence-corrected chi connectivity index (χ1v) is 10.7. The number of benzene rings is 2. The Kier molecular flexibility index (Phi) is 6.30. The van der Waals surface area contributed by atoms with Crippen LogP contribution in [0.15, 0.2) is 47.4 Å². The Morgan fingerprint density at radius 3 is 2.30 bits per heavy atom. The van der Waals surface area contributed by atoms with E-state index < -0.39 is 31.7 Å². The van der Waals surface area contributed by atoms with E-state index in [1.165, 1.54) is 11.0 Å². The van der Waals surface area contributed by atoms with Gasteiger partial charge in [0.25, 0.3) is 0 Å². The van der Waals surface area contributed by atoms with Gasteiger partial charge in [-0.3, -0.25) is 4.79 Å². The molecule has 1 heterocycles. The lowest BCUT2D eigenvalue weighted by Gasteiger charge is -2.34. The number of alkyl halides is 3. The van der Waals surface area contributed by atoms with E-state index in [1.54, 1.807) is 18.2 Å². The van der Waals surface area contributed by atoms with Gasteiger partial charge < -0.3 is 10.0 Å². The minimum absolute atomic E-state index is 0.00438. The van der Waals surface area contributed by atoms with Crippen molar-refractivity contribution in [2.24, 2.45) is 0 Å². The molecular weight excluding hydrogens is 445 g/mol. The van der Waals surface area contributed by atoms with E-state index in [-0.39, 0.29) is 44.3 Å². The second-order valence-electron chi connectivity index (χ2n) is 6.73. The summed E-state index contributed by atoms with van der Waals surface area (Å²) in [5.74, 6) is -0.283. The summed E-state index contributed by atoms with van der Waals surface area (Å²) in [4.78, 5) is 13.4. The molecule has 2 aromatic carbocycles. The van der Waals surface area contributed by atoms with Crippen LogP contribution in [0.5, 0.6) is 5.75 Å². The van der Waals surface area contributed by atoms with Crippen molar-refractivity contribution >= 4 is 27.5 Å². The smallest absolute Gasteiger partial charge is 0.417 e. The van der Waals surface area contributed by atoms with Crippen LogP contribution in [0.2, 0.25) is 5.02 Å². The lowest BCUT2D eigenvalue weighted by molar-refractivity contribution is -0.137. The number of sulfonamides is 1. The monoisotopic (exact) mass is 462 g/mol. The molecule has 0 spiro atoms.